The maximum atomic E-state index is 12.3. The summed E-state index contributed by atoms with van der Waals surface area (Å²) in [6.45, 7) is 6.23. The number of hydrogen-bond donors (Lipinski definition) is 3. The maximum Gasteiger partial charge on any atom is 0.410 e. The average Bonchev–Trinajstić information content (AvgIpc) is 2.95. The number of carbonyl (C=O) groups excluding carboxylic acids is 1. The van der Waals surface area contributed by atoms with Gasteiger partial charge in [-0.25, -0.2) is 9.78 Å². The number of H-pyrrole nitrogens is 1. The maximum absolute atomic E-state index is 12.3. The first-order valence-corrected chi connectivity index (χ1v) is 8.54. The molecular formula is C16H22ClN5O3. The van der Waals surface area contributed by atoms with Gasteiger partial charge in [0.05, 0.1) is 17.5 Å². The number of ether oxygens (including phenoxy) is 1. The number of hydrogen-bond acceptors (Lipinski definition) is 6. The number of fused-ring (bicyclic) bond motifs is 1. The molecule has 3 heterocycles. The summed E-state index contributed by atoms with van der Waals surface area (Å²) in [7, 11) is 0. The molecule has 3 N–H and O–H groups in total. The highest BCUT2D eigenvalue weighted by Gasteiger charge is 2.33. The Labute approximate surface area is 150 Å². The summed E-state index contributed by atoms with van der Waals surface area (Å²) in [4.78, 5) is 25.2. The molecule has 0 radical (unpaired) electrons. The number of amides is 1. The second-order valence-electron chi connectivity index (χ2n) is 7.11. The largest absolute Gasteiger partial charge is 0.444 e. The molecule has 1 saturated heterocycles. The standard InChI is InChI=1S/C16H22ClN5O3/c1-16(2,3)25-15(24)22-7-5-11(23)10(8-22)19-13-9-4-6-18-12(9)20-14(17)21-13/h4,6,10-11,23H,5,7-8H2,1-3H3,(H2,18,19,20,21)/t10-,11-/m0/s1. The highest BCUT2D eigenvalue weighted by atomic mass is 35.5. The molecule has 0 spiro atoms. The molecule has 25 heavy (non-hydrogen) atoms. The number of piperidine rings is 1. The molecule has 0 aliphatic carbocycles. The van der Waals surface area contributed by atoms with Gasteiger partial charge in [0, 0.05) is 19.3 Å². The fourth-order valence-corrected chi connectivity index (χ4v) is 2.94. The van der Waals surface area contributed by atoms with Crippen molar-refractivity contribution in [3.63, 3.8) is 0 Å². The molecule has 0 unspecified atom stereocenters. The third-order valence-electron chi connectivity index (χ3n) is 3.94. The first kappa shape index (κ1) is 17.8. The summed E-state index contributed by atoms with van der Waals surface area (Å²) in [6.07, 6.45) is 1.19. The average molecular weight is 368 g/mol. The summed E-state index contributed by atoms with van der Waals surface area (Å²) in [5.74, 6) is 0.520. The summed E-state index contributed by atoms with van der Waals surface area (Å²) in [6, 6.07) is 1.44. The van der Waals surface area contributed by atoms with Crippen molar-refractivity contribution in [2.75, 3.05) is 18.4 Å². The van der Waals surface area contributed by atoms with E-state index >= 15 is 0 Å². The van der Waals surface area contributed by atoms with E-state index in [1.807, 2.05) is 26.8 Å². The lowest BCUT2D eigenvalue weighted by atomic mass is 10.0. The fraction of sp³-hybridized carbons (Fsp3) is 0.562. The van der Waals surface area contributed by atoms with E-state index in [4.69, 9.17) is 16.3 Å². The predicted molar refractivity (Wildman–Crippen MR) is 94.7 cm³/mol. The van der Waals surface area contributed by atoms with Gasteiger partial charge in [0.15, 0.2) is 0 Å². The number of aromatic nitrogens is 3. The van der Waals surface area contributed by atoms with Crippen molar-refractivity contribution in [3.05, 3.63) is 17.5 Å². The molecule has 9 heteroatoms. The smallest absolute Gasteiger partial charge is 0.410 e. The molecule has 2 atom stereocenters. The summed E-state index contributed by atoms with van der Waals surface area (Å²) >= 11 is 5.96. The highest BCUT2D eigenvalue weighted by molar-refractivity contribution is 6.28. The number of aliphatic hydroxyl groups is 1. The number of aromatic amines is 1. The van der Waals surface area contributed by atoms with E-state index in [-0.39, 0.29) is 11.3 Å². The molecule has 1 amide bonds. The normalized spacial score (nSPS) is 21.4. The van der Waals surface area contributed by atoms with E-state index in [9.17, 15) is 9.90 Å². The molecule has 0 aromatic carbocycles. The van der Waals surface area contributed by atoms with Crippen LogP contribution in [0.1, 0.15) is 27.2 Å². The highest BCUT2D eigenvalue weighted by Crippen LogP contribution is 2.24. The van der Waals surface area contributed by atoms with E-state index in [2.05, 4.69) is 20.3 Å². The molecule has 136 valence electrons. The molecule has 8 nitrogen and oxygen atoms in total. The molecular weight excluding hydrogens is 346 g/mol. The predicted octanol–water partition coefficient (Wildman–Crippen LogP) is 2.39. The number of carbonyl (C=O) groups is 1. The van der Waals surface area contributed by atoms with Crippen molar-refractivity contribution in [1.29, 1.82) is 0 Å². The van der Waals surface area contributed by atoms with Gasteiger partial charge in [-0.3, -0.25) is 0 Å². The second-order valence-corrected chi connectivity index (χ2v) is 7.45. The molecule has 1 fully saturated rings. The van der Waals surface area contributed by atoms with Crippen molar-refractivity contribution in [2.24, 2.45) is 0 Å². The van der Waals surface area contributed by atoms with Crippen LogP contribution in [0, 0.1) is 0 Å². The third kappa shape index (κ3) is 4.13. The lowest BCUT2D eigenvalue weighted by Crippen LogP contribution is -2.53. The number of aliphatic hydroxyl groups excluding tert-OH is 1. The molecule has 2 aromatic heterocycles. The van der Waals surface area contributed by atoms with Gasteiger partial charge in [-0.1, -0.05) is 0 Å². The van der Waals surface area contributed by atoms with Gasteiger partial charge in [0.25, 0.3) is 0 Å². The van der Waals surface area contributed by atoms with Gasteiger partial charge in [-0.15, -0.1) is 0 Å². The van der Waals surface area contributed by atoms with E-state index in [1.165, 1.54) is 0 Å². The zero-order chi connectivity index (χ0) is 18.2. The van der Waals surface area contributed by atoms with Gasteiger partial charge in [-0.05, 0) is 44.9 Å². The van der Waals surface area contributed by atoms with Gasteiger partial charge in [0.2, 0.25) is 5.28 Å². The van der Waals surface area contributed by atoms with Gasteiger partial charge >= 0.3 is 6.09 Å². The van der Waals surface area contributed by atoms with Crippen LogP contribution in [0.25, 0.3) is 11.0 Å². The lowest BCUT2D eigenvalue weighted by Gasteiger charge is -2.37. The zero-order valence-corrected chi connectivity index (χ0v) is 15.2. The molecule has 1 aliphatic heterocycles. The number of anilines is 1. The summed E-state index contributed by atoms with van der Waals surface area (Å²) in [5.41, 5.74) is 0.0462. The Balaban J connectivity index is 1.76. The SMILES string of the molecule is CC(C)(C)OC(=O)N1CC[C@H](O)[C@@H](Nc2nc(Cl)nc3[nH]ccc23)C1. The third-order valence-corrected chi connectivity index (χ3v) is 4.11. The van der Waals surface area contributed by atoms with E-state index in [1.54, 1.807) is 11.1 Å². The fourth-order valence-electron chi connectivity index (χ4n) is 2.77. The lowest BCUT2D eigenvalue weighted by molar-refractivity contribution is 0.00693. The Morgan fingerprint density at radius 1 is 1.48 bits per heavy atom. The minimum absolute atomic E-state index is 0.103. The van der Waals surface area contributed by atoms with Crippen molar-refractivity contribution >= 4 is 34.5 Å². The van der Waals surface area contributed by atoms with Crippen molar-refractivity contribution < 1.29 is 14.6 Å². The van der Waals surface area contributed by atoms with Gasteiger partial charge in [-0.2, -0.15) is 4.98 Å². The van der Waals surface area contributed by atoms with Gasteiger partial charge in [0.1, 0.15) is 17.1 Å². The number of nitrogens with one attached hydrogen (secondary N) is 2. The van der Waals surface area contributed by atoms with Crippen molar-refractivity contribution in [2.45, 2.75) is 44.9 Å². The number of rotatable bonds is 2. The minimum atomic E-state index is -0.610. The van der Waals surface area contributed by atoms with Crippen LogP contribution in [-0.4, -0.2) is 61.9 Å². The zero-order valence-electron chi connectivity index (χ0n) is 14.4. The van der Waals surface area contributed by atoms with Crippen LogP contribution in [0.3, 0.4) is 0 Å². The van der Waals surface area contributed by atoms with Crippen molar-refractivity contribution in [1.82, 2.24) is 19.9 Å². The molecule has 1 aliphatic rings. The van der Waals surface area contributed by atoms with Crippen LogP contribution in [0.5, 0.6) is 0 Å². The van der Waals surface area contributed by atoms with Crippen molar-refractivity contribution in [3.8, 4) is 0 Å². The van der Waals surface area contributed by atoms with E-state index in [0.29, 0.717) is 31.0 Å². The number of nitrogens with zero attached hydrogens (tertiary/aromatic N) is 3. The Morgan fingerprint density at radius 2 is 2.24 bits per heavy atom. The first-order valence-electron chi connectivity index (χ1n) is 8.16. The first-order chi connectivity index (χ1) is 11.7. The number of halogens is 1. The van der Waals surface area contributed by atoms with Crippen LogP contribution in [0.15, 0.2) is 12.3 Å². The Kier molecular flexibility index (Phi) is 4.75. The van der Waals surface area contributed by atoms with Crippen LogP contribution in [-0.2, 0) is 4.74 Å². The topological polar surface area (TPSA) is 103 Å². The molecule has 3 rings (SSSR count). The van der Waals surface area contributed by atoms with E-state index in [0.717, 1.165) is 5.39 Å². The molecule has 2 aromatic rings. The monoisotopic (exact) mass is 367 g/mol. The Morgan fingerprint density at radius 3 is 2.96 bits per heavy atom. The van der Waals surface area contributed by atoms with Crippen LogP contribution < -0.4 is 5.32 Å². The summed E-state index contributed by atoms with van der Waals surface area (Å²) < 4.78 is 5.41. The minimum Gasteiger partial charge on any atom is -0.444 e. The molecule has 0 saturated carbocycles. The Bertz CT molecular complexity index is 773. The number of likely N-dealkylation sites (tertiary alicyclic amines) is 1. The second kappa shape index (κ2) is 6.68. The van der Waals surface area contributed by atoms with Gasteiger partial charge < -0.3 is 25.0 Å². The van der Waals surface area contributed by atoms with Crippen LogP contribution in [0.4, 0.5) is 10.6 Å². The van der Waals surface area contributed by atoms with Crippen LogP contribution in [0.2, 0.25) is 5.28 Å². The Hall–Kier alpha value is -2.06. The van der Waals surface area contributed by atoms with E-state index < -0.39 is 17.8 Å². The summed E-state index contributed by atoms with van der Waals surface area (Å²) in [5, 5.41) is 14.4. The quantitative estimate of drug-likeness (QED) is 0.704. The molecule has 0 bridgehead atoms. The van der Waals surface area contributed by atoms with Crippen LogP contribution >= 0.6 is 11.6 Å².